The summed E-state index contributed by atoms with van der Waals surface area (Å²) in [6.45, 7) is 11.4. The Morgan fingerprint density at radius 2 is 2.08 bits per heavy atom. The molecule has 0 aliphatic carbocycles. The zero-order valence-electron chi connectivity index (χ0n) is 16.5. The summed E-state index contributed by atoms with van der Waals surface area (Å²) in [5, 5.41) is 16.0. The molecule has 0 aromatic heterocycles. The number of aliphatic hydroxyl groups is 1. The second-order valence-corrected chi connectivity index (χ2v) is 6.87. The Hall–Kier alpha value is -0.850. The summed E-state index contributed by atoms with van der Waals surface area (Å²) in [6, 6.07) is 0. The molecule has 0 amide bonds. The van der Waals surface area contributed by atoms with Gasteiger partial charge in [-0.1, -0.05) is 13.8 Å². The Morgan fingerprint density at radius 1 is 1.28 bits per heavy atom. The molecule has 1 atom stereocenters. The number of hydrogen-bond acceptors (Lipinski definition) is 4. The van der Waals surface area contributed by atoms with Crippen LogP contribution in [0.3, 0.4) is 0 Å². The predicted octanol–water partition coefficient (Wildman–Crippen LogP) is 2.32. The second kappa shape index (κ2) is 13.4. The summed E-state index contributed by atoms with van der Waals surface area (Å²) >= 11 is 0. The van der Waals surface area contributed by atoms with Gasteiger partial charge in [0.2, 0.25) is 0 Å². The first-order chi connectivity index (χ1) is 12.2. The molecule has 1 rings (SSSR count). The first-order valence-electron chi connectivity index (χ1n) is 10.0. The smallest absolute Gasteiger partial charge is 0.191 e. The Balaban J connectivity index is 2.29. The van der Waals surface area contributed by atoms with Crippen molar-refractivity contribution >= 4 is 5.96 Å². The van der Waals surface area contributed by atoms with Crippen LogP contribution in [0.1, 0.15) is 59.3 Å². The maximum atomic E-state index is 9.33. The van der Waals surface area contributed by atoms with E-state index in [2.05, 4.69) is 31.4 Å². The van der Waals surface area contributed by atoms with Crippen LogP contribution in [0.4, 0.5) is 0 Å². The lowest BCUT2D eigenvalue weighted by molar-refractivity contribution is 0.0168. The molecule has 0 saturated carbocycles. The van der Waals surface area contributed by atoms with Crippen LogP contribution in [0, 0.1) is 5.41 Å². The molecular formula is C19H39N3O3. The average Bonchev–Trinajstić information content (AvgIpc) is 3.14. The van der Waals surface area contributed by atoms with Crippen LogP contribution < -0.4 is 10.6 Å². The van der Waals surface area contributed by atoms with Crippen molar-refractivity contribution in [1.29, 1.82) is 0 Å². The minimum absolute atomic E-state index is 0.0987. The summed E-state index contributed by atoms with van der Waals surface area (Å²) in [5.41, 5.74) is 0.0987. The van der Waals surface area contributed by atoms with E-state index in [1.165, 1.54) is 0 Å². The first kappa shape index (κ1) is 22.2. The Labute approximate surface area is 153 Å². The molecule has 1 heterocycles. The predicted molar refractivity (Wildman–Crippen MR) is 103 cm³/mol. The highest BCUT2D eigenvalue weighted by atomic mass is 16.5. The lowest BCUT2D eigenvalue weighted by Gasteiger charge is -2.29. The molecule has 25 heavy (non-hydrogen) atoms. The van der Waals surface area contributed by atoms with Gasteiger partial charge >= 0.3 is 0 Å². The Morgan fingerprint density at radius 3 is 2.68 bits per heavy atom. The van der Waals surface area contributed by atoms with E-state index in [1.807, 2.05) is 0 Å². The van der Waals surface area contributed by atoms with Crippen molar-refractivity contribution in [3.05, 3.63) is 0 Å². The third-order valence-corrected chi connectivity index (χ3v) is 5.14. The number of nitrogens with zero attached hydrogens (tertiary/aromatic N) is 1. The Kier molecular flexibility index (Phi) is 11.9. The van der Waals surface area contributed by atoms with Gasteiger partial charge in [0.25, 0.3) is 0 Å². The molecule has 0 bridgehead atoms. The van der Waals surface area contributed by atoms with Crippen molar-refractivity contribution in [3.8, 4) is 0 Å². The van der Waals surface area contributed by atoms with E-state index in [-0.39, 0.29) is 12.0 Å². The standard InChI is InChI=1S/C19H39N3O3/c1-4-19(5-2,10-12-23)16-22-18(20-6-3)21-11-8-13-24-15-17-9-7-14-25-17/h17,23H,4-16H2,1-3H3,(H2,20,21,22). The third kappa shape index (κ3) is 8.88. The van der Waals surface area contributed by atoms with Crippen LogP contribution in [0.5, 0.6) is 0 Å². The fraction of sp³-hybridized carbons (Fsp3) is 0.947. The van der Waals surface area contributed by atoms with E-state index in [1.54, 1.807) is 0 Å². The van der Waals surface area contributed by atoms with Crippen molar-refractivity contribution in [2.45, 2.75) is 65.4 Å². The van der Waals surface area contributed by atoms with Crippen LogP contribution in [0.25, 0.3) is 0 Å². The van der Waals surface area contributed by atoms with Crippen molar-refractivity contribution < 1.29 is 14.6 Å². The van der Waals surface area contributed by atoms with Crippen molar-refractivity contribution in [1.82, 2.24) is 10.6 Å². The SMILES string of the molecule is CCNC(=NCC(CC)(CC)CCO)NCCCOCC1CCCO1. The minimum atomic E-state index is 0.0987. The zero-order chi connectivity index (χ0) is 18.4. The molecule has 1 unspecified atom stereocenters. The number of aliphatic hydroxyl groups excluding tert-OH is 1. The summed E-state index contributed by atoms with van der Waals surface area (Å²) < 4.78 is 11.2. The van der Waals surface area contributed by atoms with Gasteiger partial charge in [-0.25, -0.2) is 0 Å². The van der Waals surface area contributed by atoms with E-state index < -0.39 is 0 Å². The zero-order valence-corrected chi connectivity index (χ0v) is 16.5. The van der Waals surface area contributed by atoms with Gasteiger partial charge in [0, 0.05) is 39.5 Å². The van der Waals surface area contributed by atoms with Gasteiger partial charge < -0.3 is 25.2 Å². The van der Waals surface area contributed by atoms with Crippen LogP contribution >= 0.6 is 0 Å². The lowest BCUT2D eigenvalue weighted by atomic mass is 9.79. The molecule has 1 aliphatic heterocycles. The monoisotopic (exact) mass is 357 g/mol. The first-order valence-corrected chi connectivity index (χ1v) is 10.0. The quantitative estimate of drug-likeness (QED) is 0.268. The van der Waals surface area contributed by atoms with Crippen LogP contribution in [0.15, 0.2) is 4.99 Å². The highest BCUT2D eigenvalue weighted by Crippen LogP contribution is 2.30. The van der Waals surface area contributed by atoms with Crippen LogP contribution in [-0.2, 0) is 9.47 Å². The van der Waals surface area contributed by atoms with E-state index in [0.29, 0.717) is 12.7 Å². The van der Waals surface area contributed by atoms with Gasteiger partial charge in [-0.05, 0) is 50.9 Å². The largest absolute Gasteiger partial charge is 0.396 e. The number of rotatable bonds is 13. The van der Waals surface area contributed by atoms with E-state index in [9.17, 15) is 5.11 Å². The molecule has 1 saturated heterocycles. The summed E-state index contributed by atoms with van der Waals surface area (Å²) in [6.07, 6.45) is 6.40. The van der Waals surface area contributed by atoms with Gasteiger partial charge in [-0.2, -0.15) is 0 Å². The number of aliphatic imine (C=N–C) groups is 1. The van der Waals surface area contributed by atoms with Gasteiger partial charge in [-0.15, -0.1) is 0 Å². The highest BCUT2D eigenvalue weighted by Gasteiger charge is 2.25. The molecule has 0 spiro atoms. The highest BCUT2D eigenvalue weighted by molar-refractivity contribution is 5.79. The fourth-order valence-corrected chi connectivity index (χ4v) is 3.10. The number of nitrogens with one attached hydrogen (secondary N) is 2. The van der Waals surface area contributed by atoms with Crippen molar-refractivity contribution in [2.75, 3.05) is 46.1 Å². The van der Waals surface area contributed by atoms with E-state index >= 15 is 0 Å². The number of guanidine groups is 1. The van der Waals surface area contributed by atoms with Crippen molar-refractivity contribution in [3.63, 3.8) is 0 Å². The maximum Gasteiger partial charge on any atom is 0.191 e. The molecule has 1 fully saturated rings. The molecule has 1 aliphatic rings. The van der Waals surface area contributed by atoms with Gasteiger partial charge in [0.05, 0.1) is 12.7 Å². The van der Waals surface area contributed by atoms with E-state index in [4.69, 9.17) is 14.5 Å². The molecule has 0 aromatic carbocycles. The van der Waals surface area contributed by atoms with Crippen LogP contribution in [0.2, 0.25) is 0 Å². The molecule has 3 N–H and O–H groups in total. The number of hydrogen-bond donors (Lipinski definition) is 3. The number of ether oxygens (including phenoxy) is 2. The summed E-state index contributed by atoms with van der Waals surface area (Å²) in [7, 11) is 0. The maximum absolute atomic E-state index is 9.33. The molecule has 0 radical (unpaired) electrons. The lowest BCUT2D eigenvalue weighted by Crippen LogP contribution is -2.39. The minimum Gasteiger partial charge on any atom is -0.396 e. The fourth-order valence-electron chi connectivity index (χ4n) is 3.10. The molecular weight excluding hydrogens is 318 g/mol. The van der Waals surface area contributed by atoms with Crippen molar-refractivity contribution in [2.24, 2.45) is 10.4 Å². The van der Waals surface area contributed by atoms with Crippen LogP contribution in [-0.4, -0.2) is 63.2 Å². The van der Waals surface area contributed by atoms with Gasteiger partial charge in [0.15, 0.2) is 5.96 Å². The van der Waals surface area contributed by atoms with E-state index in [0.717, 1.165) is 77.3 Å². The molecule has 6 nitrogen and oxygen atoms in total. The average molecular weight is 358 g/mol. The normalized spacial score (nSPS) is 18.6. The van der Waals surface area contributed by atoms with Gasteiger partial charge in [0.1, 0.15) is 0 Å². The molecule has 148 valence electrons. The topological polar surface area (TPSA) is 75.1 Å². The molecule has 0 aromatic rings. The van der Waals surface area contributed by atoms with Gasteiger partial charge in [-0.3, -0.25) is 4.99 Å². The second-order valence-electron chi connectivity index (χ2n) is 6.87. The summed E-state index contributed by atoms with van der Waals surface area (Å²) in [4.78, 5) is 4.75. The third-order valence-electron chi connectivity index (χ3n) is 5.14. The Bertz CT molecular complexity index is 354. The summed E-state index contributed by atoms with van der Waals surface area (Å²) in [5.74, 6) is 0.853. The molecule has 6 heteroatoms.